The van der Waals surface area contributed by atoms with Crippen molar-refractivity contribution in [3.8, 4) is 0 Å². The van der Waals surface area contributed by atoms with Crippen molar-refractivity contribution in [2.75, 3.05) is 12.3 Å². The van der Waals surface area contributed by atoms with Gasteiger partial charge in [0.2, 0.25) is 0 Å². The summed E-state index contributed by atoms with van der Waals surface area (Å²) in [5, 5.41) is 3.44. The van der Waals surface area contributed by atoms with Crippen LogP contribution < -0.4 is 5.32 Å². The SMILES string of the molecule is O=S(=O)(O)CCCN[C@H](CCc1ccccc1)Cc1ccccc1. The van der Waals surface area contributed by atoms with E-state index >= 15 is 0 Å². The molecule has 24 heavy (non-hydrogen) atoms. The lowest BCUT2D eigenvalue weighted by atomic mass is 9.99. The lowest BCUT2D eigenvalue weighted by Crippen LogP contribution is -2.33. The first-order chi connectivity index (χ1) is 11.5. The van der Waals surface area contributed by atoms with E-state index in [4.69, 9.17) is 4.55 Å². The van der Waals surface area contributed by atoms with Crippen molar-refractivity contribution in [1.82, 2.24) is 5.32 Å². The van der Waals surface area contributed by atoms with Crippen molar-refractivity contribution in [1.29, 1.82) is 0 Å². The van der Waals surface area contributed by atoms with E-state index in [-0.39, 0.29) is 11.8 Å². The van der Waals surface area contributed by atoms with Crippen LogP contribution in [0.15, 0.2) is 60.7 Å². The van der Waals surface area contributed by atoms with Gasteiger partial charge in [0.25, 0.3) is 10.1 Å². The molecule has 1 atom stereocenters. The summed E-state index contributed by atoms with van der Waals surface area (Å²) in [6.45, 7) is 0.575. The van der Waals surface area contributed by atoms with Gasteiger partial charge < -0.3 is 5.32 Å². The Kier molecular flexibility index (Phi) is 7.43. The van der Waals surface area contributed by atoms with Gasteiger partial charge in [-0.15, -0.1) is 0 Å². The molecule has 0 aliphatic carbocycles. The van der Waals surface area contributed by atoms with Crippen LogP contribution in [0.25, 0.3) is 0 Å². The van der Waals surface area contributed by atoms with Crippen LogP contribution in [0, 0.1) is 0 Å². The number of benzene rings is 2. The van der Waals surface area contributed by atoms with E-state index in [1.165, 1.54) is 11.1 Å². The number of aryl methyl sites for hydroxylation is 1. The second kappa shape index (κ2) is 9.57. The Morgan fingerprint density at radius 2 is 1.50 bits per heavy atom. The first kappa shape index (κ1) is 18.6. The summed E-state index contributed by atoms with van der Waals surface area (Å²) < 4.78 is 30.4. The van der Waals surface area contributed by atoms with E-state index in [0.29, 0.717) is 13.0 Å². The Bertz CT molecular complexity index is 687. The summed E-state index contributed by atoms with van der Waals surface area (Å²) >= 11 is 0. The highest BCUT2D eigenvalue weighted by Crippen LogP contribution is 2.10. The van der Waals surface area contributed by atoms with Crippen molar-refractivity contribution in [3.63, 3.8) is 0 Å². The molecule has 2 rings (SSSR count). The average molecular weight is 347 g/mol. The topological polar surface area (TPSA) is 66.4 Å². The molecule has 0 heterocycles. The maximum absolute atomic E-state index is 10.8. The molecule has 0 saturated carbocycles. The smallest absolute Gasteiger partial charge is 0.264 e. The molecule has 0 aromatic heterocycles. The van der Waals surface area contributed by atoms with E-state index < -0.39 is 10.1 Å². The van der Waals surface area contributed by atoms with Gasteiger partial charge in [0.15, 0.2) is 0 Å². The Morgan fingerprint density at radius 1 is 0.917 bits per heavy atom. The molecule has 0 radical (unpaired) electrons. The third-order valence-electron chi connectivity index (χ3n) is 3.96. The lowest BCUT2D eigenvalue weighted by molar-refractivity contribution is 0.462. The van der Waals surface area contributed by atoms with Gasteiger partial charge in [-0.25, -0.2) is 0 Å². The van der Waals surface area contributed by atoms with Crippen molar-refractivity contribution in [2.45, 2.75) is 31.7 Å². The monoisotopic (exact) mass is 347 g/mol. The van der Waals surface area contributed by atoms with Gasteiger partial charge in [-0.2, -0.15) is 8.42 Å². The molecule has 0 bridgehead atoms. The van der Waals surface area contributed by atoms with Crippen LogP contribution in [0.4, 0.5) is 0 Å². The maximum atomic E-state index is 10.8. The van der Waals surface area contributed by atoms with Gasteiger partial charge in [0, 0.05) is 6.04 Å². The molecule has 2 N–H and O–H groups in total. The molecule has 130 valence electrons. The first-order valence-electron chi connectivity index (χ1n) is 8.29. The van der Waals surface area contributed by atoms with Gasteiger partial charge >= 0.3 is 0 Å². The zero-order chi connectivity index (χ0) is 17.3. The third kappa shape index (κ3) is 7.73. The van der Waals surface area contributed by atoms with Crippen LogP contribution in [0.2, 0.25) is 0 Å². The van der Waals surface area contributed by atoms with Crippen LogP contribution in [0.5, 0.6) is 0 Å². The molecular weight excluding hydrogens is 322 g/mol. The van der Waals surface area contributed by atoms with Crippen LogP contribution in [-0.4, -0.2) is 31.3 Å². The fraction of sp³-hybridized carbons (Fsp3) is 0.368. The van der Waals surface area contributed by atoms with Crippen molar-refractivity contribution in [3.05, 3.63) is 71.8 Å². The fourth-order valence-corrected chi connectivity index (χ4v) is 3.23. The van der Waals surface area contributed by atoms with E-state index in [1.807, 2.05) is 36.4 Å². The summed E-state index contributed by atoms with van der Waals surface area (Å²) in [6.07, 6.45) is 3.27. The summed E-state index contributed by atoms with van der Waals surface area (Å²) in [4.78, 5) is 0. The highest BCUT2D eigenvalue weighted by atomic mass is 32.2. The van der Waals surface area contributed by atoms with Gasteiger partial charge in [0.1, 0.15) is 0 Å². The lowest BCUT2D eigenvalue weighted by Gasteiger charge is -2.19. The second-order valence-corrected chi connectivity index (χ2v) is 7.58. The second-order valence-electron chi connectivity index (χ2n) is 6.00. The number of nitrogens with one attached hydrogen (secondary N) is 1. The summed E-state index contributed by atoms with van der Waals surface area (Å²) in [5.74, 6) is -0.198. The van der Waals surface area contributed by atoms with E-state index in [1.54, 1.807) is 0 Å². The highest BCUT2D eigenvalue weighted by Gasteiger charge is 2.11. The molecule has 4 nitrogen and oxygen atoms in total. The minimum atomic E-state index is -3.88. The molecule has 0 saturated heterocycles. The van der Waals surface area contributed by atoms with E-state index in [9.17, 15) is 8.42 Å². The predicted octanol–water partition coefficient (Wildman–Crippen LogP) is 3.10. The molecule has 0 aliphatic rings. The first-order valence-corrected chi connectivity index (χ1v) is 9.90. The van der Waals surface area contributed by atoms with Gasteiger partial charge in [-0.3, -0.25) is 4.55 Å². The zero-order valence-electron chi connectivity index (χ0n) is 13.8. The van der Waals surface area contributed by atoms with Crippen LogP contribution in [0.1, 0.15) is 24.0 Å². The molecule has 0 amide bonds. The molecule has 0 unspecified atom stereocenters. The van der Waals surface area contributed by atoms with Crippen LogP contribution in [0.3, 0.4) is 0 Å². The van der Waals surface area contributed by atoms with Gasteiger partial charge in [-0.05, 0) is 43.4 Å². The Morgan fingerprint density at radius 3 is 2.08 bits per heavy atom. The quantitative estimate of drug-likeness (QED) is 0.512. The molecule has 5 heteroatoms. The van der Waals surface area contributed by atoms with E-state index in [0.717, 1.165) is 19.3 Å². The minimum absolute atomic E-state index is 0.198. The molecule has 0 fully saturated rings. The molecule has 0 aliphatic heterocycles. The third-order valence-corrected chi connectivity index (χ3v) is 4.77. The zero-order valence-corrected chi connectivity index (χ0v) is 14.6. The molecule has 2 aromatic rings. The van der Waals surface area contributed by atoms with Crippen LogP contribution >= 0.6 is 0 Å². The van der Waals surface area contributed by atoms with Crippen LogP contribution in [-0.2, 0) is 23.0 Å². The Labute approximate surface area is 144 Å². The average Bonchev–Trinajstić information content (AvgIpc) is 2.57. The molecular formula is C19H25NO3S. The fourth-order valence-electron chi connectivity index (χ4n) is 2.72. The highest BCUT2D eigenvalue weighted by molar-refractivity contribution is 7.85. The normalized spacial score (nSPS) is 12.9. The molecule has 0 spiro atoms. The Hall–Kier alpha value is -1.69. The number of hydrogen-bond acceptors (Lipinski definition) is 3. The molecule has 2 aromatic carbocycles. The predicted molar refractivity (Wildman–Crippen MR) is 97.7 cm³/mol. The van der Waals surface area contributed by atoms with Gasteiger partial charge in [-0.1, -0.05) is 60.7 Å². The largest absolute Gasteiger partial charge is 0.314 e. The number of rotatable bonds is 10. The summed E-state index contributed by atoms with van der Waals surface area (Å²) in [6, 6.07) is 20.9. The maximum Gasteiger partial charge on any atom is 0.264 e. The standard InChI is InChI=1S/C19H25NO3S/c21-24(22,23)15-7-14-20-19(16-18-10-5-2-6-11-18)13-12-17-8-3-1-4-9-17/h1-6,8-11,19-20H,7,12-16H2,(H,21,22,23)/t19-/m1/s1. The van der Waals surface area contributed by atoms with Crippen molar-refractivity contribution in [2.24, 2.45) is 0 Å². The van der Waals surface area contributed by atoms with Crippen molar-refractivity contribution < 1.29 is 13.0 Å². The summed E-state index contributed by atoms with van der Waals surface area (Å²) in [5.41, 5.74) is 2.56. The van der Waals surface area contributed by atoms with E-state index in [2.05, 4.69) is 29.6 Å². The van der Waals surface area contributed by atoms with Crippen molar-refractivity contribution >= 4 is 10.1 Å². The number of hydrogen-bond donors (Lipinski definition) is 2. The summed E-state index contributed by atoms with van der Waals surface area (Å²) in [7, 11) is -3.88. The van der Waals surface area contributed by atoms with Gasteiger partial charge in [0.05, 0.1) is 5.75 Å². The minimum Gasteiger partial charge on any atom is -0.314 e. The Balaban J connectivity index is 1.88.